The fraction of sp³-hybridized carbons (Fsp3) is 0.667. The van der Waals surface area contributed by atoms with E-state index in [4.69, 9.17) is 5.73 Å². The van der Waals surface area contributed by atoms with Gasteiger partial charge in [-0.15, -0.1) is 11.3 Å². The maximum Gasteiger partial charge on any atom is 0.0795 e. The third-order valence-corrected chi connectivity index (χ3v) is 2.48. The summed E-state index contributed by atoms with van der Waals surface area (Å²) in [7, 11) is 0. The number of unbranched alkanes of at least 4 members (excludes halogenated alkanes) is 2. The van der Waals surface area contributed by atoms with Crippen LogP contribution in [0.4, 0.5) is 0 Å². The molecule has 0 amide bonds. The third kappa shape index (κ3) is 4.98. The first-order valence-corrected chi connectivity index (χ1v) is 5.65. The van der Waals surface area contributed by atoms with Crippen LogP contribution in [0.5, 0.6) is 0 Å². The van der Waals surface area contributed by atoms with E-state index in [9.17, 15) is 0 Å². The van der Waals surface area contributed by atoms with E-state index < -0.39 is 0 Å². The summed E-state index contributed by atoms with van der Waals surface area (Å²) in [6.07, 6.45) is 3.57. The van der Waals surface area contributed by atoms with Gasteiger partial charge in [0, 0.05) is 11.9 Å². The molecule has 13 heavy (non-hydrogen) atoms. The second-order valence-corrected chi connectivity index (χ2v) is 3.72. The number of rotatable bonds is 7. The average molecular weight is 199 g/mol. The largest absolute Gasteiger partial charge is 0.330 e. The lowest BCUT2D eigenvalue weighted by Crippen LogP contribution is -2.15. The van der Waals surface area contributed by atoms with Crippen LogP contribution in [0.3, 0.4) is 0 Å². The summed E-state index contributed by atoms with van der Waals surface area (Å²) in [5, 5.41) is 5.43. The van der Waals surface area contributed by atoms with E-state index in [2.05, 4.69) is 15.7 Å². The first-order valence-electron chi connectivity index (χ1n) is 4.71. The highest BCUT2D eigenvalue weighted by Crippen LogP contribution is 2.00. The van der Waals surface area contributed by atoms with E-state index >= 15 is 0 Å². The average Bonchev–Trinajstić information content (AvgIpc) is 2.63. The summed E-state index contributed by atoms with van der Waals surface area (Å²) >= 11 is 1.64. The highest BCUT2D eigenvalue weighted by molar-refractivity contribution is 7.07. The van der Waals surface area contributed by atoms with Crippen molar-refractivity contribution >= 4 is 11.3 Å². The first kappa shape index (κ1) is 10.6. The Hall–Kier alpha value is -0.450. The van der Waals surface area contributed by atoms with Gasteiger partial charge in [-0.3, -0.25) is 0 Å². The topological polar surface area (TPSA) is 50.9 Å². The van der Waals surface area contributed by atoms with Crippen LogP contribution < -0.4 is 11.1 Å². The lowest BCUT2D eigenvalue weighted by atomic mass is 10.2. The van der Waals surface area contributed by atoms with Crippen LogP contribution in [-0.4, -0.2) is 18.1 Å². The molecule has 1 aromatic heterocycles. The molecule has 0 saturated carbocycles. The van der Waals surface area contributed by atoms with Crippen molar-refractivity contribution in [1.82, 2.24) is 10.3 Å². The SMILES string of the molecule is NCCCCCNCc1cscn1. The maximum atomic E-state index is 5.39. The van der Waals surface area contributed by atoms with Crippen LogP contribution in [-0.2, 0) is 6.54 Å². The third-order valence-electron chi connectivity index (χ3n) is 1.85. The Bertz CT molecular complexity index is 199. The molecule has 4 heteroatoms. The standard InChI is InChI=1S/C9H17N3S/c10-4-2-1-3-5-11-6-9-7-13-8-12-9/h7-8,11H,1-6,10H2. The molecule has 0 unspecified atom stereocenters. The maximum absolute atomic E-state index is 5.39. The molecule has 1 rings (SSSR count). The fourth-order valence-electron chi connectivity index (χ4n) is 1.11. The van der Waals surface area contributed by atoms with Crippen LogP contribution in [0.1, 0.15) is 25.0 Å². The van der Waals surface area contributed by atoms with Crippen LogP contribution in [0.25, 0.3) is 0 Å². The van der Waals surface area contributed by atoms with Gasteiger partial charge in [0.2, 0.25) is 0 Å². The zero-order valence-corrected chi connectivity index (χ0v) is 8.65. The van der Waals surface area contributed by atoms with Gasteiger partial charge in [-0.25, -0.2) is 4.98 Å². The lowest BCUT2D eigenvalue weighted by Gasteiger charge is -2.01. The smallest absolute Gasteiger partial charge is 0.0795 e. The number of aromatic nitrogens is 1. The minimum absolute atomic E-state index is 0.812. The van der Waals surface area contributed by atoms with Crippen molar-refractivity contribution in [1.29, 1.82) is 0 Å². The molecule has 0 atom stereocenters. The second kappa shape index (κ2) is 7.00. The number of nitrogens with zero attached hydrogens (tertiary/aromatic N) is 1. The molecule has 1 heterocycles. The summed E-state index contributed by atoms with van der Waals surface area (Å²) in [5.74, 6) is 0. The number of thiazole rings is 1. The Morgan fingerprint density at radius 1 is 1.38 bits per heavy atom. The quantitative estimate of drug-likeness (QED) is 0.652. The summed E-state index contributed by atoms with van der Waals surface area (Å²) in [4.78, 5) is 4.19. The Morgan fingerprint density at radius 3 is 3.00 bits per heavy atom. The van der Waals surface area contributed by atoms with Crippen molar-refractivity contribution in [2.75, 3.05) is 13.1 Å². The van der Waals surface area contributed by atoms with Crippen molar-refractivity contribution in [2.24, 2.45) is 5.73 Å². The molecule has 0 spiro atoms. The number of hydrogen-bond donors (Lipinski definition) is 2. The van der Waals surface area contributed by atoms with Gasteiger partial charge in [0.25, 0.3) is 0 Å². The fourth-order valence-corrected chi connectivity index (χ4v) is 1.67. The molecule has 1 aromatic rings. The van der Waals surface area contributed by atoms with Crippen molar-refractivity contribution in [2.45, 2.75) is 25.8 Å². The lowest BCUT2D eigenvalue weighted by molar-refractivity contribution is 0.602. The zero-order valence-electron chi connectivity index (χ0n) is 7.83. The Balaban J connectivity index is 1.90. The van der Waals surface area contributed by atoms with Crippen molar-refractivity contribution in [3.05, 3.63) is 16.6 Å². The Morgan fingerprint density at radius 2 is 2.31 bits per heavy atom. The predicted molar refractivity (Wildman–Crippen MR) is 56.7 cm³/mol. The minimum Gasteiger partial charge on any atom is -0.330 e. The van der Waals surface area contributed by atoms with Crippen LogP contribution in [0.2, 0.25) is 0 Å². The summed E-state index contributed by atoms with van der Waals surface area (Å²) in [6.45, 7) is 2.77. The molecule has 74 valence electrons. The van der Waals surface area contributed by atoms with Crippen LogP contribution >= 0.6 is 11.3 Å². The highest BCUT2D eigenvalue weighted by atomic mass is 32.1. The number of hydrogen-bond acceptors (Lipinski definition) is 4. The molecular formula is C9H17N3S. The number of nitrogens with one attached hydrogen (secondary N) is 1. The molecule has 3 N–H and O–H groups in total. The van der Waals surface area contributed by atoms with E-state index in [1.807, 2.05) is 5.51 Å². The second-order valence-electron chi connectivity index (χ2n) is 3.01. The first-order chi connectivity index (χ1) is 6.43. The van der Waals surface area contributed by atoms with Gasteiger partial charge < -0.3 is 11.1 Å². The molecule has 3 nitrogen and oxygen atoms in total. The van der Waals surface area contributed by atoms with Gasteiger partial charge in [-0.1, -0.05) is 6.42 Å². The molecule has 0 aliphatic heterocycles. The van der Waals surface area contributed by atoms with Crippen LogP contribution in [0.15, 0.2) is 10.9 Å². The molecule has 0 aliphatic rings. The Labute approximate surface area is 83.4 Å². The van der Waals surface area contributed by atoms with E-state index in [1.54, 1.807) is 11.3 Å². The van der Waals surface area contributed by atoms with E-state index in [-0.39, 0.29) is 0 Å². The van der Waals surface area contributed by atoms with Crippen molar-refractivity contribution in [3.63, 3.8) is 0 Å². The molecule has 0 aromatic carbocycles. The molecule has 0 saturated heterocycles. The van der Waals surface area contributed by atoms with Crippen LogP contribution in [0, 0.1) is 0 Å². The zero-order chi connectivity index (χ0) is 9.36. The normalized spacial score (nSPS) is 10.5. The van der Waals surface area contributed by atoms with Gasteiger partial charge in [0.15, 0.2) is 0 Å². The van der Waals surface area contributed by atoms with Gasteiger partial charge in [-0.2, -0.15) is 0 Å². The summed E-state index contributed by atoms with van der Waals surface area (Å²) in [5.41, 5.74) is 8.40. The molecule has 0 fully saturated rings. The predicted octanol–water partition coefficient (Wildman–Crippen LogP) is 1.36. The summed E-state index contributed by atoms with van der Waals surface area (Å²) < 4.78 is 0. The monoisotopic (exact) mass is 199 g/mol. The van der Waals surface area contributed by atoms with Gasteiger partial charge in [-0.05, 0) is 25.9 Å². The molecular weight excluding hydrogens is 182 g/mol. The minimum atomic E-state index is 0.812. The van der Waals surface area contributed by atoms with E-state index in [1.165, 1.54) is 12.8 Å². The van der Waals surface area contributed by atoms with E-state index in [0.29, 0.717) is 0 Å². The van der Waals surface area contributed by atoms with Gasteiger partial charge >= 0.3 is 0 Å². The highest BCUT2D eigenvalue weighted by Gasteiger charge is 1.93. The Kier molecular flexibility index (Phi) is 5.73. The van der Waals surface area contributed by atoms with Gasteiger partial charge in [0.1, 0.15) is 0 Å². The molecule has 0 radical (unpaired) electrons. The van der Waals surface area contributed by atoms with Crippen molar-refractivity contribution in [3.8, 4) is 0 Å². The molecule has 0 bridgehead atoms. The van der Waals surface area contributed by atoms with Crippen molar-refractivity contribution < 1.29 is 0 Å². The molecule has 0 aliphatic carbocycles. The van der Waals surface area contributed by atoms with E-state index in [0.717, 1.165) is 31.7 Å². The summed E-state index contributed by atoms with van der Waals surface area (Å²) in [6, 6.07) is 0. The number of nitrogens with two attached hydrogens (primary N) is 1. The van der Waals surface area contributed by atoms with Gasteiger partial charge in [0.05, 0.1) is 11.2 Å².